The van der Waals surface area contributed by atoms with Gasteiger partial charge in [-0.25, -0.2) is 0 Å². The molecule has 1 aromatic heterocycles. The number of hydrogen-bond donors (Lipinski definition) is 3. The Balaban J connectivity index is 1.76. The Hall–Kier alpha value is -3.15. The van der Waals surface area contributed by atoms with Crippen LogP contribution in [0.15, 0.2) is 24.3 Å². The number of aliphatic hydroxyl groups excluding tert-OH is 1. The summed E-state index contributed by atoms with van der Waals surface area (Å²) in [6.07, 6.45) is -3.64. The summed E-state index contributed by atoms with van der Waals surface area (Å²) in [6, 6.07) is 6.09. The second-order valence-corrected chi connectivity index (χ2v) is 11.1. The minimum atomic E-state index is -4.22. The summed E-state index contributed by atoms with van der Waals surface area (Å²) in [4.78, 5) is 41.1. The first-order valence-electron chi connectivity index (χ1n) is 13.3. The van der Waals surface area contributed by atoms with Crippen LogP contribution in [0.1, 0.15) is 63.4 Å². The molecule has 1 saturated heterocycles. The van der Waals surface area contributed by atoms with Crippen LogP contribution < -0.4 is 10.6 Å². The number of carbonyl (C=O) groups is 3. The molecule has 1 aliphatic heterocycles. The van der Waals surface area contributed by atoms with Crippen molar-refractivity contribution < 1.29 is 32.7 Å². The minimum Gasteiger partial charge on any atom is -0.395 e. The van der Waals surface area contributed by atoms with E-state index in [4.69, 9.17) is 5.11 Å². The second kappa shape index (κ2) is 12.8. The molecule has 39 heavy (non-hydrogen) atoms. The number of unbranched alkanes of at least 4 members (excludes halogenated alkanes) is 1. The summed E-state index contributed by atoms with van der Waals surface area (Å²) in [7, 11) is 0. The Morgan fingerprint density at radius 1 is 1.15 bits per heavy atom. The number of fused-ring (bicyclic) bond motifs is 1. The average Bonchev–Trinajstić information content (AvgIpc) is 3.25. The SMILES string of the molecule is CC(C)(C)C(NC(=O)c1nn(CCCCC(F)(F)F)c2ccccc12)C(=O)N1CCCC(C(=O)NCCO)C1. The number of aryl methyl sites for hydroxylation is 1. The average molecular weight is 554 g/mol. The van der Waals surface area contributed by atoms with Gasteiger partial charge in [-0.15, -0.1) is 0 Å². The number of carbonyl (C=O) groups excluding carboxylic acids is 3. The van der Waals surface area contributed by atoms with Crippen LogP contribution in [0.4, 0.5) is 13.2 Å². The number of benzene rings is 1. The highest BCUT2D eigenvalue weighted by Gasteiger charge is 2.39. The Labute approximate surface area is 226 Å². The van der Waals surface area contributed by atoms with Gasteiger partial charge >= 0.3 is 6.18 Å². The van der Waals surface area contributed by atoms with Crippen molar-refractivity contribution in [2.45, 2.75) is 71.6 Å². The summed E-state index contributed by atoms with van der Waals surface area (Å²) in [5, 5.41) is 19.5. The lowest BCUT2D eigenvalue weighted by Crippen LogP contribution is -2.57. The largest absolute Gasteiger partial charge is 0.395 e. The number of alkyl halides is 3. The lowest BCUT2D eigenvalue weighted by molar-refractivity contribution is -0.139. The van der Waals surface area contributed by atoms with Gasteiger partial charge in [0.25, 0.3) is 5.91 Å². The van der Waals surface area contributed by atoms with E-state index in [0.29, 0.717) is 30.3 Å². The Kier molecular flexibility index (Phi) is 9.98. The van der Waals surface area contributed by atoms with Crippen molar-refractivity contribution in [3.8, 4) is 0 Å². The zero-order valence-electron chi connectivity index (χ0n) is 22.7. The van der Waals surface area contributed by atoms with E-state index in [2.05, 4.69) is 15.7 Å². The van der Waals surface area contributed by atoms with Crippen LogP contribution in [-0.4, -0.2) is 76.0 Å². The molecule has 1 aromatic carbocycles. The van der Waals surface area contributed by atoms with Crippen molar-refractivity contribution in [2.24, 2.45) is 11.3 Å². The fourth-order valence-corrected chi connectivity index (χ4v) is 4.80. The van der Waals surface area contributed by atoms with Gasteiger partial charge in [0, 0.05) is 38.0 Å². The molecule has 2 unspecified atom stereocenters. The third-order valence-corrected chi connectivity index (χ3v) is 6.86. The van der Waals surface area contributed by atoms with Crippen LogP contribution in [-0.2, 0) is 16.1 Å². The molecule has 0 saturated carbocycles. The zero-order chi connectivity index (χ0) is 28.8. The molecule has 3 N–H and O–H groups in total. The second-order valence-electron chi connectivity index (χ2n) is 11.1. The van der Waals surface area contributed by atoms with E-state index >= 15 is 0 Å². The van der Waals surface area contributed by atoms with Crippen LogP contribution in [0.3, 0.4) is 0 Å². The molecule has 2 aromatic rings. The van der Waals surface area contributed by atoms with E-state index in [1.54, 1.807) is 29.2 Å². The van der Waals surface area contributed by atoms with E-state index in [0.717, 1.165) is 0 Å². The fourth-order valence-electron chi connectivity index (χ4n) is 4.80. The molecule has 2 heterocycles. The lowest BCUT2D eigenvalue weighted by Gasteiger charge is -2.38. The molecule has 12 heteroatoms. The number of amides is 3. The molecule has 0 bridgehead atoms. The summed E-state index contributed by atoms with van der Waals surface area (Å²) >= 11 is 0. The number of halogens is 3. The smallest absolute Gasteiger partial charge is 0.389 e. The van der Waals surface area contributed by atoms with Gasteiger partial charge in [0.05, 0.1) is 18.0 Å². The number of likely N-dealkylation sites (tertiary alicyclic amines) is 1. The number of nitrogens with zero attached hydrogens (tertiary/aromatic N) is 3. The van der Waals surface area contributed by atoms with Crippen LogP contribution >= 0.6 is 0 Å². The molecule has 0 radical (unpaired) electrons. The molecule has 3 rings (SSSR count). The number of aromatic nitrogens is 2. The molecule has 9 nitrogen and oxygen atoms in total. The first-order valence-corrected chi connectivity index (χ1v) is 13.3. The van der Waals surface area contributed by atoms with E-state index in [9.17, 15) is 27.6 Å². The Morgan fingerprint density at radius 3 is 2.54 bits per heavy atom. The number of para-hydroxylation sites is 1. The van der Waals surface area contributed by atoms with Gasteiger partial charge in [0.1, 0.15) is 6.04 Å². The van der Waals surface area contributed by atoms with E-state index in [1.165, 1.54) is 4.68 Å². The monoisotopic (exact) mass is 553 g/mol. The number of nitrogens with one attached hydrogen (secondary N) is 2. The van der Waals surface area contributed by atoms with Crippen molar-refractivity contribution in [1.82, 2.24) is 25.3 Å². The Bertz CT molecular complexity index is 1160. The molecule has 0 aliphatic carbocycles. The summed E-state index contributed by atoms with van der Waals surface area (Å²) < 4.78 is 39.1. The van der Waals surface area contributed by atoms with Gasteiger partial charge in [-0.3, -0.25) is 19.1 Å². The van der Waals surface area contributed by atoms with Gasteiger partial charge in [-0.2, -0.15) is 18.3 Å². The number of piperidine rings is 1. The normalized spacial score (nSPS) is 17.2. The van der Waals surface area contributed by atoms with E-state index < -0.39 is 35.9 Å². The maximum Gasteiger partial charge on any atom is 0.389 e. The molecule has 1 aliphatic rings. The van der Waals surface area contributed by atoms with Crippen LogP contribution in [0.5, 0.6) is 0 Å². The van der Waals surface area contributed by atoms with Crippen LogP contribution in [0, 0.1) is 11.3 Å². The van der Waals surface area contributed by atoms with Crippen molar-refractivity contribution in [2.75, 3.05) is 26.2 Å². The summed E-state index contributed by atoms with van der Waals surface area (Å²) in [6.45, 7) is 6.38. The molecule has 1 fully saturated rings. The molecule has 3 amide bonds. The van der Waals surface area contributed by atoms with Gasteiger partial charge in [-0.05, 0) is 37.2 Å². The third-order valence-electron chi connectivity index (χ3n) is 6.86. The van der Waals surface area contributed by atoms with Crippen molar-refractivity contribution in [3.05, 3.63) is 30.0 Å². The summed E-state index contributed by atoms with van der Waals surface area (Å²) in [5.74, 6) is -1.47. The maximum absolute atomic E-state index is 13.6. The first-order chi connectivity index (χ1) is 18.3. The quantitative estimate of drug-likeness (QED) is 0.391. The molecule has 2 atom stereocenters. The van der Waals surface area contributed by atoms with Crippen molar-refractivity contribution in [1.29, 1.82) is 0 Å². The maximum atomic E-state index is 13.6. The van der Waals surface area contributed by atoms with E-state index in [-0.39, 0.29) is 56.6 Å². The topological polar surface area (TPSA) is 117 Å². The Morgan fingerprint density at radius 2 is 1.87 bits per heavy atom. The predicted molar refractivity (Wildman–Crippen MR) is 140 cm³/mol. The number of rotatable bonds is 10. The molecular formula is C27H38F3N5O4. The van der Waals surface area contributed by atoms with Gasteiger partial charge in [0.15, 0.2) is 5.69 Å². The summed E-state index contributed by atoms with van der Waals surface area (Å²) in [5.41, 5.74) is 0.0684. The first kappa shape index (κ1) is 30.4. The van der Waals surface area contributed by atoms with Crippen molar-refractivity contribution in [3.63, 3.8) is 0 Å². The van der Waals surface area contributed by atoms with Gasteiger partial charge < -0.3 is 20.6 Å². The van der Waals surface area contributed by atoms with E-state index in [1.807, 2.05) is 20.8 Å². The predicted octanol–water partition coefficient (Wildman–Crippen LogP) is 3.26. The van der Waals surface area contributed by atoms with Crippen LogP contribution in [0.25, 0.3) is 10.9 Å². The van der Waals surface area contributed by atoms with Crippen molar-refractivity contribution >= 4 is 28.6 Å². The third kappa shape index (κ3) is 8.17. The standard InChI is InChI=1S/C27H38F3N5O4/c1-26(2,3)22(25(39)34-14-8-9-18(17-34)23(37)31-13-16-36)32-24(38)21-19-10-4-5-11-20(19)35(33-21)15-7-6-12-27(28,29)30/h4-5,10-11,18,22,36H,6-9,12-17H2,1-3H3,(H,31,37)(H,32,38). The number of aliphatic hydroxyl groups is 1. The highest BCUT2D eigenvalue weighted by Crippen LogP contribution is 2.27. The highest BCUT2D eigenvalue weighted by atomic mass is 19.4. The lowest BCUT2D eigenvalue weighted by atomic mass is 9.84. The highest BCUT2D eigenvalue weighted by molar-refractivity contribution is 6.06. The zero-order valence-corrected chi connectivity index (χ0v) is 22.7. The fraction of sp³-hybridized carbons (Fsp3) is 0.630. The molecule has 0 spiro atoms. The van der Waals surface area contributed by atoms with Gasteiger partial charge in [0.2, 0.25) is 11.8 Å². The number of hydrogen-bond acceptors (Lipinski definition) is 5. The molecule has 216 valence electrons. The van der Waals surface area contributed by atoms with Crippen LogP contribution in [0.2, 0.25) is 0 Å². The molecular weight excluding hydrogens is 515 g/mol. The minimum absolute atomic E-state index is 0.0470. The van der Waals surface area contributed by atoms with Gasteiger partial charge in [-0.1, -0.05) is 39.0 Å².